The molecular formula is C14H20N2S2. The van der Waals surface area contributed by atoms with Crippen molar-refractivity contribution in [3.8, 4) is 0 Å². The lowest BCUT2D eigenvalue weighted by atomic mass is 10.0. The molecule has 0 bridgehead atoms. The summed E-state index contributed by atoms with van der Waals surface area (Å²) in [7, 11) is 0. The summed E-state index contributed by atoms with van der Waals surface area (Å²) in [4.78, 5) is 4.84. The van der Waals surface area contributed by atoms with Crippen LogP contribution in [0, 0.1) is 5.41 Å². The van der Waals surface area contributed by atoms with E-state index in [1.807, 2.05) is 11.3 Å². The van der Waals surface area contributed by atoms with Crippen LogP contribution in [0.1, 0.15) is 37.0 Å². The molecule has 0 unspecified atom stereocenters. The first-order valence-corrected chi connectivity index (χ1v) is 8.00. The first kappa shape index (κ1) is 12.6. The van der Waals surface area contributed by atoms with Gasteiger partial charge in [0.25, 0.3) is 0 Å². The maximum Gasteiger partial charge on any atom is 0.0733 e. The van der Waals surface area contributed by atoms with E-state index in [1.54, 1.807) is 0 Å². The molecule has 0 aromatic carbocycles. The van der Waals surface area contributed by atoms with Crippen LogP contribution in [0.15, 0.2) is 17.5 Å². The van der Waals surface area contributed by atoms with Gasteiger partial charge in [-0.3, -0.25) is 4.90 Å². The van der Waals surface area contributed by atoms with E-state index in [0.29, 0.717) is 10.4 Å². The fourth-order valence-corrected chi connectivity index (χ4v) is 3.76. The Bertz CT molecular complexity index is 419. The van der Waals surface area contributed by atoms with Crippen LogP contribution in [0.5, 0.6) is 0 Å². The second-order valence-corrected chi connectivity index (χ2v) is 7.42. The van der Waals surface area contributed by atoms with Gasteiger partial charge >= 0.3 is 0 Å². The van der Waals surface area contributed by atoms with Crippen LogP contribution in [-0.4, -0.2) is 22.5 Å². The lowest BCUT2D eigenvalue weighted by molar-refractivity contribution is 0.206. The standard InChI is InChI=1S/C14H20N2S2/c15-13(17)8-14(5-6-14)10-16(11-3-4-11)9-12-2-1-7-18-12/h1-2,7,11H,3-6,8-10H2,(H2,15,17). The molecule has 2 fully saturated rings. The summed E-state index contributed by atoms with van der Waals surface area (Å²) >= 11 is 6.96. The number of nitrogens with zero attached hydrogens (tertiary/aromatic N) is 1. The maximum absolute atomic E-state index is 5.74. The average Bonchev–Trinajstić information content (AvgIpc) is 3.21. The molecule has 0 atom stereocenters. The highest BCUT2D eigenvalue weighted by molar-refractivity contribution is 7.80. The number of rotatable bonds is 7. The minimum Gasteiger partial charge on any atom is -0.393 e. The Morgan fingerprint density at radius 2 is 2.28 bits per heavy atom. The van der Waals surface area contributed by atoms with Gasteiger partial charge in [-0.25, -0.2) is 0 Å². The predicted molar refractivity (Wildman–Crippen MR) is 80.8 cm³/mol. The molecule has 0 radical (unpaired) electrons. The molecule has 4 heteroatoms. The Morgan fingerprint density at radius 3 is 2.78 bits per heavy atom. The fourth-order valence-electron chi connectivity index (χ4n) is 2.72. The third-order valence-electron chi connectivity index (χ3n) is 4.05. The summed E-state index contributed by atoms with van der Waals surface area (Å²) in [6, 6.07) is 5.20. The zero-order chi connectivity index (χ0) is 12.6. The van der Waals surface area contributed by atoms with Crippen molar-refractivity contribution in [2.24, 2.45) is 11.1 Å². The second-order valence-electron chi connectivity index (χ2n) is 5.86. The van der Waals surface area contributed by atoms with Gasteiger partial charge in [-0.15, -0.1) is 11.3 Å². The molecule has 0 amide bonds. The number of nitrogens with two attached hydrogens (primary N) is 1. The number of hydrogen-bond donors (Lipinski definition) is 1. The van der Waals surface area contributed by atoms with Crippen molar-refractivity contribution in [3.63, 3.8) is 0 Å². The molecule has 0 spiro atoms. The normalized spacial score (nSPS) is 21.2. The summed E-state index contributed by atoms with van der Waals surface area (Å²) in [5.74, 6) is 0. The van der Waals surface area contributed by atoms with Crippen molar-refractivity contribution in [2.45, 2.75) is 44.7 Å². The second kappa shape index (κ2) is 4.91. The lowest BCUT2D eigenvalue weighted by Gasteiger charge is -2.27. The first-order valence-electron chi connectivity index (χ1n) is 6.72. The zero-order valence-electron chi connectivity index (χ0n) is 10.6. The van der Waals surface area contributed by atoms with Crippen LogP contribution >= 0.6 is 23.6 Å². The van der Waals surface area contributed by atoms with Crippen LogP contribution in [0.2, 0.25) is 0 Å². The van der Waals surface area contributed by atoms with Gasteiger partial charge in [-0.2, -0.15) is 0 Å². The van der Waals surface area contributed by atoms with Crippen LogP contribution in [0.4, 0.5) is 0 Å². The maximum atomic E-state index is 5.74. The summed E-state index contributed by atoms with van der Waals surface area (Å²) < 4.78 is 0. The van der Waals surface area contributed by atoms with Crippen molar-refractivity contribution in [1.29, 1.82) is 0 Å². The van der Waals surface area contributed by atoms with Gasteiger partial charge in [-0.1, -0.05) is 18.3 Å². The van der Waals surface area contributed by atoms with Crippen LogP contribution in [0.3, 0.4) is 0 Å². The Balaban J connectivity index is 1.62. The van der Waals surface area contributed by atoms with Crippen molar-refractivity contribution >= 4 is 28.5 Å². The smallest absolute Gasteiger partial charge is 0.0733 e. The Kier molecular flexibility index (Phi) is 3.43. The highest BCUT2D eigenvalue weighted by atomic mass is 32.1. The van der Waals surface area contributed by atoms with E-state index in [-0.39, 0.29) is 0 Å². The Labute approximate surface area is 118 Å². The number of thiophene rings is 1. The zero-order valence-corrected chi connectivity index (χ0v) is 12.2. The van der Waals surface area contributed by atoms with E-state index >= 15 is 0 Å². The molecule has 2 saturated carbocycles. The first-order chi connectivity index (χ1) is 8.67. The summed E-state index contributed by atoms with van der Waals surface area (Å²) in [6.45, 7) is 2.30. The van der Waals surface area contributed by atoms with E-state index in [2.05, 4.69) is 22.4 Å². The molecule has 2 N–H and O–H groups in total. The lowest BCUT2D eigenvalue weighted by Crippen LogP contribution is -2.33. The SMILES string of the molecule is NC(=S)CC1(CN(Cc2cccs2)C2CC2)CC1. The molecule has 98 valence electrons. The molecule has 1 aromatic heterocycles. The van der Waals surface area contributed by atoms with Crippen molar-refractivity contribution in [3.05, 3.63) is 22.4 Å². The predicted octanol–water partition coefficient (Wildman–Crippen LogP) is 3.17. The largest absolute Gasteiger partial charge is 0.393 e. The quantitative estimate of drug-likeness (QED) is 0.778. The highest BCUT2D eigenvalue weighted by Gasteiger charge is 2.46. The van der Waals surface area contributed by atoms with E-state index in [9.17, 15) is 0 Å². The topological polar surface area (TPSA) is 29.3 Å². The Hall–Kier alpha value is -0.450. The van der Waals surface area contributed by atoms with Gasteiger partial charge in [0.1, 0.15) is 0 Å². The van der Waals surface area contributed by atoms with Crippen molar-refractivity contribution in [1.82, 2.24) is 4.90 Å². The highest BCUT2D eigenvalue weighted by Crippen LogP contribution is 2.50. The number of hydrogen-bond acceptors (Lipinski definition) is 3. The van der Waals surface area contributed by atoms with Gasteiger partial charge in [0.05, 0.1) is 4.99 Å². The Morgan fingerprint density at radius 1 is 1.50 bits per heavy atom. The van der Waals surface area contributed by atoms with Crippen molar-refractivity contribution < 1.29 is 0 Å². The van der Waals surface area contributed by atoms with Crippen LogP contribution in [0.25, 0.3) is 0 Å². The van der Waals surface area contributed by atoms with E-state index in [4.69, 9.17) is 18.0 Å². The molecule has 3 rings (SSSR count). The van der Waals surface area contributed by atoms with E-state index in [1.165, 1.54) is 37.1 Å². The molecular weight excluding hydrogens is 260 g/mol. The van der Waals surface area contributed by atoms with Gasteiger partial charge in [0, 0.05) is 30.4 Å². The van der Waals surface area contributed by atoms with Crippen LogP contribution < -0.4 is 5.73 Å². The minimum atomic E-state index is 0.422. The van der Waals surface area contributed by atoms with Gasteiger partial charge in [0.2, 0.25) is 0 Å². The van der Waals surface area contributed by atoms with Crippen LogP contribution in [-0.2, 0) is 6.54 Å². The molecule has 1 heterocycles. The molecule has 18 heavy (non-hydrogen) atoms. The summed E-state index contributed by atoms with van der Waals surface area (Å²) in [5, 5.41) is 2.17. The van der Waals surface area contributed by atoms with E-state index < -0.39 is 0 Å². The van der Waals surface area contributed by atoms with Crippen molar-refractivity contribution in [2.75, 3.05) is 6.54 Å². The van der Waals surface area contributed by atoms with Gasteiger partial charge in [-0.05, 0) is 42.5 Å². The monoisotopic (exact) mass is 280 g/mol. The number of thiocarbonyl (C=S) groups is 1. The molecule has 0 saturated heterocycles. The molecule has 0 aliphatic heterocycles. The van der Waals surface area contributed by atoms with E-state index in [0.717, 1.165) is 19.0 Å². The fraction of sp³-hybridized carbons (Fsp3) is 0.643. The minimum absolute atomic E-state index is 0.422. The molecule has 2 aliphatic carbocycles. The third-order valence-corrected chi connectivity index (χ3v) is 5.05. The molecule has 1 aromatic rings. The third kappa shape index (κ3) is 3.11. The molecule has 2 nitrogen and oxygen atoms in total. The summed E-state index contributed by atoms with van der Waals surface area (Å²) in [6.07, 6.45) is 6.29. The average molecular weight is 280 g/mol. The molecule has 2 aliphatic rings. The van der Waals surface area contributed by atoms with Gasteiger partial charge in [0.15, 0.2) is 0 Å². The summed E-state index contributed by atoms with van der Waals surface area (Å²) in [5.41, 5.74) is 6.16. The van der Waals surface area contributed by atoms with Gasteiger partial charge < -0.3 is 5.73 Å².